The molecular formula is C31H44F3N5O. The van der Waals surface area contributed by atoms with Gasteiger partial charge in [-0.15, -0.1) is 0 Å². The van der Waals surface area contributed by atoms with E-state index in [0.717, 1.165) is 63.7 Å². The lowest BCUT2D eigenvalue weighted by molar-refractivity contribution is -0.137. The molecule has 3 heterocycles. The molecule has 9 heteroatoms. The first-order chi connectivity index (χ1) is 19.1. The fraction of sp³-hybridized carbons (Fsp3) is 0.613. The van der Waals surface area contributed by atoms with Gasteiger partial charge in [0.2, 0.25) is 5.91 Å². The quantitative estimate of drug-likeness (QED) is 0.408. The van der Waals surface area contributed by atoms with E-state index in [1.54, 1.807) is 12.3 Å². The van der Waals surface area contributed by atoms with Crippen LogP contribution in [-0.2, 0) is 17.4 Å². The second kappa shape index (κ2) is 13.8. The van der Waals surface area contributed by atoms with Gasteiger partial charge in [0.15, 0.2) is 0 Å². The summed E-state index contributed by atoms with van der Waals surface area (Å²) < 4.78 is 39.7. The monoisotopic (exact) mass is 559 g/mol. The largest absolute Gasteiger partial charge is 0.416 e. The first-order valence-corrected chi connectivity index (χ1v) is 14.6. The molecule has 220 valence electrons. The van der Waals surface area contributed by atoms with Crippen molar-refractivity contribution >= 4 is 11.6 Å². The smallest absolute Gasteiger partial charge is 0.369 e. The lowest BCUT2D eigenvalue weighted by Gasteiger charge is -2.47. The number of hydrogen-bond donors (Lipinski definition) is 0. The first-order valence-electron chi connectivity index (χ1n) is 14.6. The Hall–Kier alpha value is -2.65. The SMILES string of the molecule is CC(C)CN1CC[C@@H](N2CCN(c3cccc(C(F)(F)F)c3)CC2)[C@@H](CCC(=O)N(C)CCc2ccccn2)C1. The van der Waals surface area contributed by atoms with Gasteiger partial charge in [-0.25, -0.2) is 0 Å². The number of halogens is 3. The van der Waals surface area contributed by atoms with E-state index < -0.39 is 11.7 Å². The molecule has 1 aromatic carbocycles. The highest BCUT2D eigenvalue weighted by molar-refractivity contribution is 5.75. The molecular weight excluding hydrogens is 515 g/mol. The van der Waals surface area contributed by atoms with E-state index in [-0.39, 0.29) is 5.91 Å². The maximum absolute atomic E-state index is 13.2. The number of likely N-dealkylation sites (tertiary alicyclic amines) is 1. The summed E-state index contributed by atoms with van der Waals surface area (Å²) in [7, 11) is 1.88. The molecule has 2 aliphatic rings. The minimum Gasteiger partial charge on any atom is -0.369 e. The predicted molar refractivity (Wildman–Crippen MR) is 153 cm³/mol. The molecule has 0 unspecified atom stereocenters. The number of likely N-dealkylation sites (N-methyl/N-ethyl adjacent to an activating group) is 1. The Kier molecular flexibility index (Phi) is 10.5. The van der Waals surface area contributed by atoms with Crippen LogP contribution in [0.1, 0.15) is 44.4 Å². The van der Waals surface area contributed by atoms with Crippen molar-refractivity contribution < 1.29 is 18.0 Å². The molecule has 2 aliphatic heterocycles. The highest BCUT2D eigenvalue weighted by Gasteiger charge is 2.36. The highest BCUT2D eigenvalue weighted by Crippen LogP contribution is 2.33. The van der Waals surface area contributed by atoms with Crippen LogP contribution in [0.3, 0.4) is 0 Å². The van der Waals surface area contributed by atoms with E-state index >= 15 is 0 Å². The van der Waals surface area contributed by atoms with Gasteiger partial charge in [-0.05, 0) is 61.6 Å². The molecule has 0 radical (unpaired) electrons. The van der Waals surface area contributed by atoms with Crippen LogP contribution >= 0.6 is 0 Å². The van der Waals surface area contributed by atoms with Crippen molar-refractivity contribution in [1.29, 1.82) is 0 Å². The summed E-state index contributed by atoms with van der Waals surface area (Å²) in [6.45, 7) is 11.3. The van der Waals surface area contributed by atoms with Gasteiger partial charge in [0.25, 0.3) is 0 Å². The molecule has 2 atom stereocenters. The van der Waals surface area contributed by atoms with Gasteiger partial charge in [0.05, 0.1) is 5.56 Å². The number of piperidine rings is 1. The average Bonchev–Trinajstić information content (AvgIpc) is 2.94. The summed E-state index contributed by atoms with van der Waals surface area (Å²) in [6.07, 6.45) is 0.624. The summed E-state index contributed by atoms with van der Waals surface area (Å²) in [5.41, 5.74) is 1.03. The van der Waals surface area contributed by atoms with Crippen LogP contribution in [0.2, 0.25) is 0 Å². The molecule has 2 saturated heterocycles. The summed E-state index contributed by atoms with van der Waals surface area (Å²) >= 11 is 0. The fourth-order valence-corrected chi connectivity index (χ4v) is 6.19. The molecule has 2 fully saturated rings. The maximum atomic E-state index is 13.2. The number of amides is 1. The second-order valence-electron chi connectivity index (χ2n) is 11.8. The third-order valence-electron chi connectivity index (χ3n) is 8.31. The maximum Gasteiger partial charge on any atom is 0.416 e. The van der Waals surface area contributed by atoms with Crippen molar-refractivity contribution in [2.24, 2.45) is 11.8 Å². The lowest BCUT2D eigenvalue weighted by atomic mass is 9.86. The van der Waals surface area contributed by atoms with E-state index in [4.69, 9.17) is 0 Å². The molecule has 0 spiro atoms. The first kappa shape index (κ1) is 30.3. The minimum atomic E-state index is -4.33. The number of rotatable bonds is 10. The molecule has 6 nitrogen and oxygen atoms in total. The number of carbonyl (C=O) groups excluding carboxylic acids is 1. The van der Waals surface area contributed by atoms with Gasteiger partial charge in [0, 0.05) is 89.3 Å². The molecule has 0 N–H and O–H groups in total. The summed E-state index contributed by atoms with van der Waals surface area (Å²) in [5, 5.41) is 0. The summed E-state index contributed by atoms with van der Waals surface area (Å²) in [5.74, 6) is 1.15. The number of nitrogens with zero attached hydrogens (tertiary/aromatic N) is 5. The standard InChI is InChI=1S/C31H44F3N5O/c1-24(2)22-37-16-13-29(25(23-37)10-11-30(40)36(3)15-12-27-8-4-5-14-35-27)39-19-17-38(18-20-39)28-9-6-7-26(21-28)31(32,33)34/h4-9,14,21,24-25,29H,10-13,15-20,22-23H2,1-3H3/t25-,29+/m0/s1. The van der Waals surface area contributed by atoms with Crippen LogP contribution in [0.4, 0.5) is 18.9 Å². The molecule has 4 rings (SSSR count). The molecule has 1 aromatic heterocycles. The molecule has 0 aliphatic carbocycles. The van der Waals surface area contributed by atoms with Crippen molar-refractivity contribution in [2.45, 2.75) is 51.7 Å². The van der Waals surface area contributed by atoms with Gasteiger partial charge >= 0.3 is 6.18 Å². The number of benzene rings is 1. The summed E-state index contributed by atoms with van der Waals surface area (Å²) in [6, 6.07) is 11.9. The Labute approximate surface area is 237 Å². The van der Waals surface area contributed by atoms with Gasteiger partial charge in [-0.2, -0.15) is 13.2 Å². The number of carbonyl (C=O) groups is 1. The summed E-state index contributed by atoms with van der Waals surface area (Å²) in [4.78, 5) is 26.4. The Bertz CT molecular complexity index is 1070. The van der Waals surface area contributed by atoms with Crippen LogP contribution < -0.4 is 4.90 Å². The van der Waals surface area contributed by atoms with Crippen LogP contribution in [0.5, 0.6) is 0 Å². The van der Waals surface area contributed by atoms with Crippen molar-refractivity contribution in [3.05, 3.63) is 59.9 Å². The molecule has 0 bridgehead atoms. The molecule has 0 saturated carbocycles. The van der Waals surface area contributed by atoms with Gasteiger partial charge in [-0.3, -0.25) is 14.7 Å². The van der Waals surface area contributed by atoms with E-state index in [9.17, 15) is 18.0 Å². The van der Waals surface area contributed by atoms with Gasteiger partial charge < -0.3 is 14.7 Å². The van der Waals surface area contributed by atoms with Crippen molar-refractivity contribution in [1.82, 2.24) is 19.7 Å². The van der Waals surface area contributed by atoms with Crippen LogP contribution in [0.15, 0.2) is 48.7 Å². The zero-order valence-electron chi connectivity index (χ0n) is 24.1. The molecule has 1 amide bonds. The average molecular weight is 560 g/mol. The molecule has 2 aromatic rings. The van der Waals surface area contributed by atoms with Crippen molar-refractivity contribution in [3.63, 3.8) is 0 Å². The number of pyridine rings is 1. The number of hydrogen-bond acceptors (Lipinski definition) is 5. The van der Waals surface area contributed by atoms with Crippen molar-refractivity contribution in [2.75, 3.05) is 64.3 Å². The second-order valence-corrected chi connectivity index (χ2v) is 11.8. The highest BCUT2D eigenvalue weighted by atomic mass is 19.4. The number of alkyl halides is 3. The lowest BCUT2D eigenvalue weighted by Crippen LogP contribution is -2.57. The van der Waals surface area contributed by atoms with Crippen LogP contribution in [0, 0.1) is 11.8 Å². The van der Waals surface area contributed by atoms with Gasteiger partial charge in [-0.1, -0.05) is 26.0 Å². The zero-order chi connectivity index (χ0) is 28.7. The predicted octanol–water partition coefficient (Wildman–Crippen LogP) is 5.05. The third-order valence-corrected chi connectivity index (χ3v) is 8.31. The Balaban J connectivity index is 1.34. The fourth-order valence-electron chi connectivity index (χ4n) is 6.19. The van der Waals surface area contributed by atoms with Crippen molar-refractivity contribution in [3.8, 4) is 0 Å². The number of aromatic nitrogens is 1. The van der Waals surface area contributed by atoms with Gasteiger partial charge in [0.1, 0.15) is 0 Å². The minimum absolute atomic E-state index is 0.171. The Morgan fingerprint density at radius 1 is 1.07 bits per heavy atom. The van der Waals surface area contributed by atoms with E-state index in [2.05, 4.69) is 33.5 Å². The van der Waals surface area contributed by atoms with E-state index in [0.29, 0.717) is 49.6 Å². The zero-order valence-corrected chi connectivity index (χ0v) is 24.1. The third kappa shape index (κ3) is 8.43. The van der Waals surface area contributed by atoms with Crippen LogP contribution in [-0.4, -0.2) is 91.0 Å². The van der Waals surface area contributed by atoms with E-state index in [1.165, 1.54) is 12.1 Å². The molecule has 40 heavy (non-hydrogen) atoms. The Morgan fingerprint density at radius 3 is 2.52 bits per heavy atom. The normalized spacial score (nSPS) is 21.1. The van der Waals surface area contributed by atoms with E-state index in [1.807, 2.05) is 30.1 Å². The van der Waals surface area contributed by atoms with Crippen LogP contribution in [0.25, 0.3) is 0 Å². The topological polar surface area (TPSA) is 42.9 Å². The number of anilines is 1. The number of piperazine rings is 1. The Morgan fingerprint density at radius 2 is 1.85 bits per heavy atom.